The Morgan fingerprint density at radius 2 is 2.19 bits per heavy atom. The second kappa shape index (κ2) is 5.76. The van der Waals surface area contributed by atoms with Crippen molar-refractivity contribution in [3.05, 3.63) is 28.8 Å². The third kappa shape index (κ3) is 2.82. The molecule has 0 spiro atoms. The fourth-order valence-electron chi connectivity index (χ4n) is 2.09. The van der Waals surface area contributed by atoms with E-state index >= 15 is 0 Å². The Morgan fingerprint density at radius 3 is 2.88 bits per heavy atom. The second-order valence-corrected chi connectivity index (χ2v) is 4.61. The van der Waals surface area contributed by atoms with Gasteiger partial charge in [-0.05, 0) is 31.5 Å². The van der Waals surface area contributed by atoms with E-state index in [-0.39, 0.29) is 12.4 Å². The molecule has 1 saturated heterocycles. The minimum atomic E-state index is 0. The molecule has 0 amide bonds. The Hall–Kier alpha value is -0.440. The van der Waals surface area contributed by atoms with Crippen LogP contribution in [0.15, 0.2) is 18.2 Å². The Balaban J connectivity index is 0.00000128. The van der Waals surface area contributed by atoms with Crippen LogP contribution >= 0.6 is 24.0 Å². The summed E-state index contributed by atoms with van der Waals surface area (Å²) in [6, 6.07) is 6.65. The number of hydrogen-bond acceptors (Lipinski definition) is 2. The first-order chi connectivity index (χ1) is 7.18. The van der Waals surface area contributed by atoms with Crippen LogP contribution in [0.3, 0.4) is 0 Å². The summed E-state index contributed by atoms with van der Waals surface area (Å²) >= 11 is 6.04. The molecule has 1 aromatic carbocycles. The van der Waals surface area contributed by atoms with E-state index in [4.69, 9.17) is 11.6 Å². The normalized spacial score (nSPS) is 20.4. The number of benzene rings is 1. The van der Waals surface area contributed by atoms with E-state index in [9.17, 15) is 0 Å². The molecule has 0 unspecified atom stereocenters. The van der Waals surface area contributed by atoms with Crippen LogP contribution in [-0.2, 0) is 0 Å². The zero-order valence-corrected chi connectivity index (χ0v) is 11.2. The number of anilines is 1. The SMILES string of the molecule is Cc1ccc(Cl)cc1N1CCNC[C@H]1C.Cl. The molecule has 16 heavy (non-hydrogen) atoms. The lowest BCUT2D eigenvalue weighted by atomic mass is 10.1. The number of nitrogens with zero attached hydrogens (tertiary/aromatic N) is 1. The highest BCUT2D eigenvalue weighted by Gasteiger charge is 2.19. The van der Waals surface area contributed by atoms with E-state index in [1.165, 1.54) is 11.3 Å². The summed E-state index contributed by atoms with van der Waals surface area (Å²) < 4.78 is 0. The minimum Gasteiger partial charge on any atom is -0.366 e. The van der Waals surface area contributed by atoms with Crippen LogP contribution in [-0.4, -0.2) is 25.7 Å². The van der Waals surface area contributed by atoms with Crippen LogP contribution in [0.25, 0.3) is 0 Å². The molecule has 0 radical (unpaired) electrons. The van der Waals surface area contributed by atoms with Gasteiger partial charge in [-0.25, -0.2) is 0 Å². The molecule has 4 heteroatoms. The predicted octanol–water partition coefficient (Wildman–Crippen LogP) is 2.87. The maximum absolute atomic E-state index is 6.04. The molecule has 2 rings (SSSR count). The van der Waals surface area contributed by atoms with Crippen LogP contribution in [0.1, 0.15) is 12.5 Å². The van der Waals surface area contributed by atoms with Crippen molar-refractivity contribution in [3.63, 3.8) is 0 Å². The molecular weight excluding hydrogens is 243 g/mol. The molecular formula is C12H18Cl2N2. The van der Waals surface area contributed by atoms with Crippen molar-refractivity contribution in [2.24, 2.45) is 0 Å². The second-order valence-electron chi connectivity index (χ2n) is 4.18. The van der Waals surface area contributed by atoms with Gasteiger partial charge in [0.25, 0.3) is 0 Å². The van der Waals surface area contributed by atoms with E-state index in [0.29, 0.717) is 6.04 Å². The number of piperazine rings is 1. The van der Waals surface area contributed by atoms with Gasteiger partial charge in [0.2, 0.25) is 0 Å². The van der Waals surface area contributed by atoms with Gasteiger partial charge in [0.1, 0.15) is 0 Å². The molecule has 0 bridgehead atoms. The van der Waals surface area contributed by atoms with Gasteiger partial charge < -0.3 is 10.2 Å². The summed E-state index contributed by atoms with van der Waals surface area (Å²) in [5.41, 5.74) is 2.57. The van der Waals surface area contributed by atoms with E-state index in [1.807, 2.05) is 6.07 Å². The van der Waals surface area contributed by atoms with Gasteiger partial charge in [-0.3, -0.25) is 0 Å². The van der Waals surface area contributed by atoms with Crippen LogP contribution in [0, 0.1) is 6.92 Å². The quantitative estimate of drug-likeness (QED) is 0.836. The molecule has 2 nitrogen and oxygen atoms in total. The first-order valence-corrected chi connectivity index (χ1v) is 5.80. The van der Waals surface area contributed by atoms with Crippen LogP contribution in [0.5, 0.6) is 0 Å². The summed E-state index contributed by atoms with van der Waals surface area (Å²) in [5, 5.41) is 4.21. The van der Waals surface area contributed by atoms with Crippen molar-refractivity contribution in [1.82, 2.24) is 5.32 Å². The fourth-order valence-corrected chi connectivity index (χ4v) is 2.26. The van der Waals surface area contributed by atoms with Gasteiger partial charge in [-0.15, -0.1) is 12.4 Å². The first kappa shape index (κ1) is 13.6. The van der Waals surface area contributed by atoms with Crippen molar-refractivity contribution >= 4 is 29.7 Å². The van der Waals surface area contributed by atoms with Gasteiger partial charge in [0.15, 0.2) is 0 Å². The summed E-state index contributed by atoms with van der Waals surface area (Å²) in [6.07, 6.45) is 0. The molecule has 1 N–H and O–H groups in total. The molecule has 1 atom stereocenters. The number of rotatable bonds is 1. The highest BCUT2D eigenvalue weighted by atomic mass is 35.5. The summed E-state index contributed by atoms with van der Waals surface area (Å²) in [5.74, 6) is 0. The lowest BCUT2D eigenvalue weighted by Gasteiger charge is -2.36. The van der Waals surface area contributed by atoms with Crippen LogP contribution < -0.4 is 10.2 Å². The number of aryl methyl sites for hydroxylation is 1. The highest BCUT2D eigenvalue weighted by Crippen LogP contribution is 2.26. The van der Waals surface area contributed by atoms with E-state index in [0.717, 1.165) is 24.7 Å². The minimum absolute atomic E-state index is 0. The highest BCUT2D eigenvalue weighted by molar-refractivity contribution is 6.30. The van der Waals surface area contributed by atoms with Gasteiger partial charge >= 0.3 is 0 Å². The zero-order chi connectivity index (χ0) is 10.8. The largest absolute Gasteiger partial charge is 0.366 e. The third-order valence-electron chi connectivity index (χ3n) is 2.98. The van der Waals surface area contributed by atoms with E-state index in [2.05, 4.69) is 36.2 Å². The zero-order valence-electron chi connectivity index (χ0n) is 9.66. The molecule has 1 heterocycles. The maximum atomic E-state index is 6.04. The Labute approximate surface area is 108 Å². The Bertz CT molecular complexity index is 355. The van der Waals surface area contributed by atoms with Crippen molar-refractivity contribution < 1.29 is 0 Å². The van der Waals surface area contributed by atoms with Crippen molar-refractivity contribution in [1.29, 1.82) is 0 Å². The first-order valence-electron chi connectivity index (χ1n) is 5.42. The average molecular weight is 261 g/mol. The maximum Gasteiger partial charge on any atom is 0.0426 e. The molecule has 1 aliphatic heterocycles. The van der Waals surface area contributed by atoms with E-state index < -0.39 is 0 Å². The van der Waals surface area contributed by atoms with Crippen LogP contribution in [0.2, 0.25) is 5.02 Å². The summed E-state index contributed by atoms with van der Waals surface area (Å²) in [6.45, 7) is 7.54. The lowest BCUT2D eigenvalue weighted by molar-refractivity contribution is 0.500. The smallest absolute Gasteiger partial charge is 0.0426 e. The van der Waals surface area contributed by atoms with Gasteiger partial charge in [-0.2, -0.15) is 0 Å². The molecule has 0 aliphatic carbocycles. The lowest BCUT2D eigenvalue weighted by Crippen LogP contribution is -2.50. The molecule has 1 aliphatic rings. The Kier molecular flexibility index (Phi) is 4.90. The molecule has 90 valence electrons. The van der Waals surface area contributed by atoms with Crippen molar-refractivity contribution in [2.45, 2.75) is 19.9 Å². The fraction of sp³-hybridized carbons (Fsp3) is 0.500. The van der Waals surface area contributed by atoms with E-state index in [1.54, 1.807) is 0 Å². The average Bonchev–Trinajstić information content (AvgIpc) is 2.23. The van der Waals surface area contributed by atoms with Gasteiger partial charge in [-0.1, -0.05) is 17.7 Å². The van der Waals surface area contributed by atoms with Crippen molar-refractivity contribution in [2.75, 3.05) is 24.5 Å². The summed E-state index contributed by atoms with van der Waals surface area (Å²) in [7, 11) is 0. The summed E-state index contributed by atoms with van der Waals surface area (Å²) in [4.78, 5) is 2.43. The molecule has 1 fully saturated rings. The Morgan fingerprint density at radius 1 is 1.44 bits per heavy atom. The molecule has 0 saturated carbocycles. The topological polar surface area (TPSA) is 15.3 Å². The van der Waals surface area contributed by atoms with Gasteiger partial charge in [0, 0.05) is 36.4 Å². The van der Waals surface area contributed by atoms with Crippen molar-refractivity contribution in [3.8, 4) is 0 Å². The molecule has 0 aromatic heterocycles. The standard InChI is InChI=1S/C12H17ClN2.ClH/c1-9-3-4-11(13)7-12(9)15-6-5-14-8-10(15)2;/h3-4,7,10,14H,5-6,8H2,1-2H3;1H/t10-;/m1./s1. The monoisotopic (exact) mass is 260 g/mol. The number of halogens is 2. The van der Waals surface area contributed by atoms with Gasteiger partial charge in [0.05, 0.1) is 0 Å². The third-order valence-corrected chi connectivity index (χ3v) is 3.22. The predicted molar refractivity (Wildman–Crippen MR) is 73.1 cm³/mol. The number of nitrogens with one attached hydrogen (secondary N) is 1. The molecule has 1 aromatic rings. The van der Waals surface area contributed by atoms with Crippen LogP contribution in [0.4, 0.5) is 5.69 Å². The number of hydrogen-bond donors (Lipinski definition) is 1.